The van der Waals surface area contributed by atoms with Gasteiger partial charge in [0.15, 0.2) is 0 Å². The third-order valence-corrected chi connectivity index (χ3v) is 6.19. The zero-order valence-corrected chi connectivity index (χ0v) is 19.4. The molecule has 0 unspecified atom stereocenters. The SMILES string of the molecule is COC(=O)/C=C/c1ccc2c(c1)c1c(n2CCBr)CCN(Cc2ccc([N+](=O)[O-])cc2)C1. The van der Waals surface area contributed by atoms with Gasteiger partial charge in [0.1, 0.15) is 0 Å². The van der Waals surface area contributed by atoms with Crippen LogP contribution in [0.3, 0.4) is 0 Å². The zero-order valence-electron chi connectivity index (χ0n) is 17.8. The molecule has 2 heterocycles. The van der Waals surface area contributed by atoms with Crippen molar-refractivity contribution in [3.05, 3.63) is 81.0 Å². The van der Waals surface area contributed by atoms with Crippen molar-refractivity contribution in [1.82, 2.24) is 9.47 Å². The molecule has 166 valence electrons. The number of rotatable bonds is 7. The summed E-state index contributed by atoms with van der Waals surface area (Å²) in [7, 11) is 1.37. The number of methoxy groups -OCH3 is 1. The molecule has 0 fully saturated rings. The molecular weight excluding hydrogens is 474 g/mol. The summed E-state index contributed by atoms with van der Waals surface area (Å²) in [5.74, 6) is -0.377. The lowest BCUT2D eigenvalue weighted by molar-refractivity contribution is -0.384. The molecule has 0 spiro atoms. The van der Waals surface area contributed by atoms with E-state index in [1.165, 1.54) is 35.3 Å². The van der Waals surface area contributed by atoms with Crippen LogP contribution in [-0.2, 0) is 35.6 Å². The number of carbonyl (C=O) groups excluding carboxylic acids is 1. The first kappa shape index (κ1) is 22.2. The Balaban J connectivity index is 1.64. The number of benzene rings is 2. The Kier molecular flexibility index (Phi) is 6.72. The fourth-order valence-corrected chi connectivity index (χ4v) is 4.67. The number of alkyl halides is 1. The topological polar surface area (TPSA) is 77.6 Å². The van der Waals surface area contributed by atoms with Gasteiger partial charge in [-0.15, -0.1) is 0 Å². The Morgan fingerprint density at radius 1 is 1.25 bits per heavy atom. The number of ether oxygens (including phenoxy) is 1. The second kappa shape index (κ2) is 9.67. The Bertz CT molecular complexity index is 1180. The fourth-order valence-electron chi connectivity index (χ4n) is 4.32. The van der Waals surface area contributed by atoms with Crippen LogP contribution >= 0.6 is 15.9 Å². The fraction of sp³-hybridized carbons (Fsp3) is 0.292. The summed E-state index contributed by atoms with van der Waals surface area (Å²) in [6.07, 6.45) is 4.15. The molecule has 0 saturated heterocycles. The standard InChI is InChI=1S/C24H24BrN3O4/c1-32-24(29)9-5-17-4-8-22-20(14-17)21-16-26(12-10-23(21)27(22)13-11-25)15-18-2-6-19(7-3-18)28(30)31/h2-9,14H,10-13,15-16H2,1H3/b9-5+. The van der Waals surface area contributed by atoms with E-state index >= 15 is 0 Å². The molecule has 8 heteroatoms. The van der Waals surface area contributed by atoms with Gasteiger partial charge in [-0.05, 0) is 34.9 Å². The summed E-state index contributed by atoms with van der Waals surface area (Å²) in [6, 6.07) is 13.1. The molecule has 32 heavy (non-hydrogen) atoms. The summed E-state index contributed by atoms with van der Waals surface area (Å²) in [5, 5.41) is 13.0. The number of nitro groups is 1. The molecule has 0 saturated carbocycles. The lowest BCUT2D eigenvalue weighted by atomic mass is 10.0. The van der Waals surface area contributed by atoms with Gasteiger partial charge in [0, 0.05) is 72.7 Å². The second-order valence-electron chi connectivity index (χ2n) is 7.78. The number of aryl methyl sites for hydroxylation is 1. The predicted octanol–water partition coefficient (Wildman–Crippen LogP) is 4.69. The number of halogens is 1. The molecule has 1 aromatic heterocycles. The van der Waals surface area contributed by atoms with E-state index < -0.39 is 0 Å². The Hall–Kier alpha value is -2.97. The lowest BCUT2D eigenvalue weighted by Crippen LogP contribution is -2.30. The smallest absolute Gasteiger partial charge is 0.330 e. The highest BCUT2D eigenvalue weighted by Crippen LogP contribution is 2.33. The van der Waals surface area contributed by atoms with E-state index in [0.717, 1.165) is 49.1 Å². The molecular formula is C24H24BrN3O4. The highest BCUT2D eigenvalue weighted by molar-refractivity contribution is 9.09. The first-order valence-corrected chi connectivity index (χ1v) is 11.5. The number of aromatic nitrogens is 1. The molecule has 4 rings (SSSR count). The number of nitro benzene ring substituents is 1. The average molecular weight is 498 g/mol. The number of non-ortho nitro benzene ring substituents is 1. The second-order valence-corrected chi connectivity index (χ2v) is 8.58. The zero-order chi connectivity index (χ0) is 22.7. The Labute approximate surface area is 194 Å². The average Bonchev–Trinajstić information content (AvgIpc) is 3.10. The van der Waals surface area contributed by atoms with Crippen LogP contribution in [0.1, 0.15) is 22.4 Å². The largest absolute Gasteiger partial charge is 0.466 e. The minimum absolute atomic E-state index is 0.111. The lowest BCUT2D eigenvalue weighted by Gasteiger charge is -2.28. The summed E-state index contributed by atoms with van der Waals surface area (Å²) < 4.78 is 7.08. The van der Waals surface area contributed by atoms with Crippen LogP contribution in [-0.4, -0.2) is 39.3 Å². The minimum atomic E-state index is -0.377. The van der Waals surface area contributed by atoms with Crippen molar-refractivity contribution in [3.63, 3.8) is 0 Å². The maximum absolute atomic E-state index is 11.5. The van der Waals surface area contributed by atoms with E-state index in [4.69, 9.17) is 4.74 Å². The van der Waals surface area contributed by atoms with Crippen LogP contribution in [0, 0.1) is 10.1 Å². The molecule has 7 nitrogen and oxygen atoms in total. The molecule has 0 bridgehead atoms. The van der Waals surface area contributed by atoms with Crippen molar-refractivity contribution < 1.29 is 14.5 Å². The van der Waals surface area contributed by atoms with E-state index in [1.807, 2.05) is 18.2 Å². The summed E-state index contributed by atoms with van der Waals surface area (Å²) in [4.78, 5) is 24.4. The van der Waals surface area contributed by atoms with Crippen molar-refractivity contribution in [3.8, 4) is 0 Å². The van der Waals surface area contributed by atoms with Crippen LogP contribution in [0.15, 0.2) is 48.5 Å². The Morgan fingerprint density at radius 3 is 2.72 bits per heavy atom. The third-order valence-electron chi connectivity index (χ3n) is 5.83. The Morgan fingerprint density at radius 2 is 2.03 bits per heavy atom. The molecule has 0 atom stereocenters. The van der Waals surface area contributed by atoms with Gasteiger partial charge >= 0.3 is 5.97 Å². The van der Waals surface area contributed by atoms with E-state index in [0.29, 0.717) is 0 Å². The van der Waals surface area contributed by atoms with Crippen molar-refractivity contribution in [2.45, 2.75) is 26.1 Å². The van der Waals surface area contributed by atoms with Gasteiger partial charge in [-0.3, -0.25) is 15.0 Å². The number of nitrogens with zero attached hydrogens (tertiary/aromatic N) is 3. The molecule has 1 aliphatic heterocycles. The first-order valence-electron chi connectivity index (χ1n) is 10.4. The minimum Gasteiger partial charge on any atom is -0.466 e. The summed E-state index contributed by atoms with van der Waals surface area (Å²) >= 11 is 3.58. The van der Waals surface area contributed by atoms with Gasteiger partial charge in [-0.2, -0.15) is 0 Å². The van der Waals surface area contributed by atoms with Crippen LogP contribution in [0.4, 0.5) is 5.69 Å². The number of fused-ring (bicyclic) bond motifs is 3. The summed E-state index contributed by atoms with van der Waals surface area (Å²) in [6.45, 7) is 3.37. The highest BCUT2D eigenvalue weighted by atomic mass is 79.9. The maximum Gasteiger partial charge on any atom is 0.330 e. The first-order chi connectivity index (χ1) is 15.5. The van der Waals surface area contributed by atoms with Crippen LogP contribution in [0.25, 0.3) is 17.0 Å². The van der Waals surface area contributed by atoms with Crippen LogP contribution in [0.5, 0.6) is 0 Å². The predicted molar refractivity (Wildman–Crippen MR) is 128 cm³/mol. The van der Waals surface area contributed by atoms with E-state index in [2.05, 4.69) is 37.5 Å². The van der Waals surface area contributed by atoms with E-state index in [9.17, 15) is 14.9 Å². The molecule has 0 aliphatic carbocycles. The normalized spacial score (nSPS) is 14.1. The molecule has 1 aliphatic rings. The van der Waals surface area contributed by atoms with E-state index in [1.54, 1.807) is 18.2 Å². The number of hydrogen-bond donors (Lipinski definition) is 0. The monoisotopic (exact) mass is 497 g/mol. The number of carbonyl (C=O) groups is 1. The number of esters is 1. The molecule has 0 N–H and O–H groups in total. The van der Waals surface area contributed by atoms with Crippen molar-refractivity contribution in [2.24, 2.45) is 0 Å². The molecule has 2 aromatic carbocycles. The van der Waals surface area contributed by atoms with Gasteiger partial charge < -0.3 is 9.30 Å². The third kappa shape index (κ3) is 4.61. The van der Waals surface area contributed by atoms with Crippen molar-refractivity contribution in [1.29, 1.82) is 0 Å². The molecule has 0 amide bonds. The van der Waals surface area contributed by atoms with Crippen molar-refractivity contribution >= 4 is 44.6 Å². The van der Waals surface area contributed by atoms with Gasteiger partial charge in [0.05, 0.1) is 12.0 Å². The van der Waals surface area contributed by atoms with Gasteiger partial charge in [-0.1, -0.05) is 34.1 Å². The van der Waals surface area contributed by atoms with Crippen LogP contribution in [0.2, 0.25) is 0 Å². The summed E-state index contributed by atoms with van der Waals surface area (Å²) in [5.41, 5.74) is 5.98. The van der Waals surface area contributed by atoms with Crippen LogP contribution < -0.4 is 0 Å². The van der Waals surface area contributed by atoms with Gasteiger partial charge in [0.2, 0.25) is 0 Å². The molecule has 3 aromatic rings. The van der Waals surface area contributed by atoms with Crippen molar-refractivity contribution in [2.75, 3.05) is 19.0 Å². The number of hydrogen-bond acceptors (Lipinski definition) is 5. The maximum atomic E-state index is 11.5. The van der Waals surface area contributed by atoms with Gasteiger partial charge in [-0.25, -0.2) is 4.79 Å². The molecule has 0 radical (unpaired) electrons. The quantitative estimate of drug-likeness (QED) is 0.155. The van der Waals surface area contributed by atoms with Gasteiger partial charge in [0.25, 0.3) is 5.69 Å². The highest BCUT2D eigenvalue weighted by Gasteiger charge is 2.24. The van der Waals surface area contributed by atoms with E-state index in [-0.39, 0.29) is 16.6 Å².